The van der Waals surface area contributed by atoms with Gasteiger partial charge in [0.1, 0.15) is 30.0 Å². The van der Waals surface area contributed by atoms with Crippen LogP contribution in [0.25, 0.3) is 0 Å². The number of Topliss-reactive ketones (excluding diaryl/α,β-unsaturated/α-hetero) is 1. The van der Waals surface area contributed by atoms with E-state index in [9.17, 15) is 44.1 Å². The first kappa shape index (κ1) is 44.5. The molecule has 0 aromatic heterocycles. The average Bonchev–Trinajstić information content (AvgIpc) is 3.50. The summed E-state index contributed by atoms with van der Waals surface area (Å²) < 4.78 is 30.3. The van der Waals surface area contributed by atoms with Gasteiger partial charge in [-0.15, -0.1) is 0 Å². The number of benzene rings is 3. The van der Waals surface area contributed by atoms with Crippen LogP contribution >= 0.6 is 0 Å². The van der Waals surface area contributed by atoms with Crippen LogP contribution in [-0.2, 0) is 42.9 Å². The van der Waals surface area contributed by atoms with Gasteiger partial charge in [0.2, 0.25) is 0 Å². The van der Waals surface area contributed by atoms with Crippen molar-refractivity contribution in [1.82, 2.24) is 4.90 Å². The van der Waals surface area contributed by atoms with Crippen LogP contribution in [-0.4, -0.2) is 116 Å². The van der Waals surface area contributed by atoms with Gasteiger partial charge in [-0.25, -0.2) is 9.59 Å². The Kier molecular flexibility index (Phi) is 11.0. The maximum Gasteiger partial charge on any atom is 0.338 e. The molecule has 3 aromatic rings. The van der Waals surface area contributed by atoms with Crippen molar-refractivity contribution in [1.29, 1.82) is 0 Å². The van der Waals surface area contributed by atoms with Crippen molar-refractivity contribution in [3.8, 4) is 0 Å². The second-order valence-corrected chi connectivity index (χ2v) is 18.0. The van der Waals surface area contributed by atoms with Gasteiger partial charge >= 0.3 is 23.9 Å². The Balaban J connectivity index is 1.29. The maximum atomic E-state index is 15.5. The summed E-state index contributed by atoms with van der Waals surface area (Å²) in [5, 5.41) is 37.8. The zero-order valence-electron chi connectivity index (χ0n) is 36.0. The number of aliphatic hydroxyl groups excluding tert-OH is 2. The molecule has 2 bridgehead atoms. The van der Waals surface area contributed by atoms with Crippen molar-refractivity contribution in [3.05, 3.63) is 118 Å². The summed E-state index contributed by atoms with van der Waals surface area (Å²) in [4.78, 5) is 98.9. The third kappa shape index (κ3) is 6.60. The molecule has 2 aliphatic heterocycles. The predicted octanol–water partition coefficient (Wildman–Crippen LogP) is 3.60. The second kappa shape index (κ2) is 15.9. The Morgan fingerprint density at radius 3 is 1.94 bits per heavy atom. The summed E-state index contributed by atoms with van der Waals surface area (Å²) in [6, 6.07) is 20.1. The number of aliphatic hydroxyl groups is 3. The lowest BCUT2D eigenvalue weighted by molar-refractivity contribution is -0.346. The lowest BCUT2D eigenvalue weighted by Crippen LogP contribution is -2.82. The maximum absolute atomic E-state index is 15.5. The van der Waals surface area contributed by atoms with E-state index in [1.165, 1.54) is 64.1 Å². The molecule has 336 valence electrons. The molecule has 2 saturated carbocycles. The number of imide groups is 1. The van der Waals surface area contributed by atoms with Crippen molar-refractivity contribution in [2.45, 2.75) is 108 Å². The second-order valence-electron chi connectivity index (χ2n) is 18.0. The van der Waals surface area contributed by atoms with Gasteiger partial charge in [-0.2, -0.15) is 0 Å². The SMILES string of the molecule is CC(=O)O[C@H]1C(=O)[C@@]2(C)[C@H]([C@H](OC(=O)c3ccccc3)[C@]3(O)CC(OC(=O)[C@H](O)[C@H](c4ccccc4)N4C(=O)c5ccccc5C4=O)C(C)=C1C3(C)C)[C@]1(OC(C)=O)CO[C@@H]1C[C@@H]2O. The van der Waals surface area contributed by atoms with Crippen LogP contribution in [0.1, 0.15) is 97.1 Å². The van der Waals surface area contributed by atoms with Gasteiger partial charge in [-0.1, -0.05) is 74.5 Å². The lowest BCUT2D eigenvalue weighted by atomic mass is 9.44. The molecule has 5 aliphatic rings. The van der Waals surface area contributed by atoms with Gasteiger partial charge in [-0.3, -0.25) is 28.9 Å². The van der Waals surface area contributed by atoms with E-state index in [0.717, 1.165) is 18.7 Å². The minimum Gasteiger partial charge on any atom is -0.456 e. The minimum absolute atomic E-state index is 0.0463. The standard InChI is InChI=1S/C48H49NO15/c1-24-31(62-44(58)36(53)35(27-15-9-7-10-16-27)49-41(55)29-19-13-14-20-30(29)42(49)56)22-48(59)40(63-43(57)28-17-11-8-12-18-28)38-46(6,32(52)21-33-47(38,23-60-33)64-26(3)51)39(54)37(61-25(2)50)34(24)45(48,4)5/h7-20,31-33,35-38,40,52-53,59H,21-23H2,1-6H3/t31?,32-,33+,35-,36+,37+,38-,40-,46+,47-,48+/m0/s1. The summed E-state index contributed by atoms with van der Waals surface area (Å²) in [5.74, 6) is -8.03. The van der Waals surface area contributed by atoms with Gasteiger partial charge in [0.15, 0.2) is 23.6 Å². The number of ketones is 1. The highest BCUT2D eigenvalue weighted by Crippen LogP contribution is 2.64. The topological polar surface area (TPSA) is 230 Å². The van der Waals surface area contributed by atoms with E-state index in [2.05, 4.69) is 0 Å². The van der Waals surface area contributed by atoms with Crippen LogP contribution in [0, 0.1) is 16.7 Å². The molecule has 3 N–H and O–H groups in total. The molecule has 8 rings (SSSR count). The number of rotatable bonds is 9. The summed E-state index contributed by atoms with van der Waals surface area (Å²) >= 11 is 0. The van der Waals surface area contributed by atoms with E-state index in [1.54, 1.807) is 48.5 Å². The number of hydrogen-bond acceptors (Lipinski definition) is 15. The van der Waals surface area contributed by atoms with Crippen LogP contribution in [0.5, 0.6) is 0 Å². The van der Waals surface area contributed by atoms with Crippen molar-refractivity contribution in [3.63, 3.8) is 0 Å². The average molecular weight is 880 g/mol. The molecule has 11 atom stereocenters. The number of nitrogens with zero attached hydrogens (tertiary/aromatic N) is 1. The van der Waals surface area contributed by atoms with Gasteiger partial charge in [0, 0.05) is 32.1 Å². The quantitative estimate of drug-likeness (QED) is 0.121. The van der Waals surface area contributed by atoms with Crippen molar-refractivity contribution in [2.75, 3.05) is 6.61 Å². The molecule has 64 heavy (non-hydrogen) atoms. The van der Waals surface area contributed by atoms with Crippen molar-refractivity contribution in [2.24, 2.45) is 16.7 Å². The van der Waals surface area contributed by atoms with E-state index in [1.807, 2.05) is 0 Å². The third-order valence-electron chi connectivity index (χ3n) is 14.2. The van der Waals surface area contributed by atoms with Crippen LogP contribution in [0.2, 0.25) is 0 Å². The van der Waals surface area contributed by atoms with E-state index >= 15 is 4.79 Å². The Hall–Kier alpha value is -6.07. The number of carbonyl (C=O) groups excluding carboxylic acids is 7. The molecule has 1 unspecified atom stereocenters. The molecule has 3 aromatic carbocycles. The van der Waals surface area contributed by atoms with E-state index < -0.39 is 119 Å². The largest absolute Gasteiger partial charge is 0.456 e. The van der Waals surface area contributed by atoms with Crippen LogP contribution in [0.4, 0.5) is 0 Å². The fraction of sp³-hybridized carbons (Fsp3) is 0.438. The predicted molar refractivity (Wildman–Crippen MR) is 221 cm³/mol. The Labute approximate surface area is 368 Å². The highest BCUT2D eigenvalue weighted by Gasteiger charge is 2.78. The molecule has 0 spiro atoms. The summed E-state index contributed by atoms with van der Waals surface area (Å²) in [7, 11) is 0. The van der Waals surface area contributed by atoms with Crippen LogP contribution in [0.15, 0.2) is 96.1 Å². The molecule has 2 heterocycles. The molecule has 16 nitrogen and oxygen atoms in total. The molecular weight excluding hydrogens is 831 g/mol. The number of amides is 2. The summed E-state index contributed by atoms with van der Waals surface area (Å²) in [5.41, 5.74) is -7.59. The first-order valence-electron chi connectivity index (χ1n) is 21.0. The van der Waals surface area contributed by atoms with Gasteiger partial charge in [-0.05, 0) is 54.8 Å². The molecule has 3 aliphatic carbocycles. The molecule has 16 heteroatoms. The number of hydrogen-bond donors (Lipinski definition) is 3. The van der Waals surface area contributed by atoms with Crippen LogP contribution < -0.4 is 0 Å². The number of carbonyl (C=O) groups is 7. The molecule has 0 radical (unpaired) electrons. The van der Waals surface area contributed by atoms with Gasteiger partial charge < -0.3 is 39.0 Å². The van der Waals surface area contributed by atoms with E-state index in [-0.39, 0.29) is 46.4 Å². The third-order valence-corrected chi connectivity index (χ3v) is 14.2. The minimum atomic E-state index is -2.45. The van der Waals surface area contributed by atoms with E-state index in [0.29, 0.717) is 0 Å². The number of ether oxygens (including phenoxy) is 5. The summed E-state index contributed by atoms with van der Waals surface area (Å²) in [6.07, 6.45) is -11.0. The smallest absolute Gasteiger partial charge is 0.338 e. The van der Waals surface area contributed by atoms with Crippen molar-refractivity contribution >= 4 is 41.5 Å². The Bertz CT molecular complexity index is 2450. The van der Waals surface area contributed by atoms with Gasteiger partial charge in [0.25, 0.3) is 11.8 Å². The fourth-order valence-electron chi connectivity index (χ4n) is 10.9. The highest BCUT2D eigenvalue weighted by atomic mass is 16.6. The van der Waals surface area contributed by atoms with E-state index in [4.69, 9.17) is 23.7 Å². The molecule has 2 amide bonds. The lowest BCUT2D eigenvalue weighted by Gasteiger charge is -2.67. The zero-order chi connectivity index (χ0) is 46.3. The van der Waals surface area contributed by atoms with Gasteiger partial charge in [0.05, 0.1) is 40.7 Å². The fourth-order valence-corrected chi connectivity index (χ4v) is 10.9. The van der Waals surface area contributed by atoms with Crippen LogP contribution in [0.3, 0.4) is 0 Å². The first-order valence-corrected chi connectivity index (χ1v) is 21.0. The monoisotopic (exact) mass is 879 g/mol. The normalized spacial score (nSPS) is 32.3. The highest BCUT2D eigenvalue weighted by molar-refractivity contribution is 6.21. The number of esters is 4. The molecular formula is C48H49NO15. The first-order chi connectivity index (χ1) is 30.2. The Morgan fingerprint density at radius 2 is 1.39 bits per heavy atom. The molecule has 1 saturated heterocycles. The Morgan fingerprint density at radius 1 is 0.812 bits per heavy atom. The molecule has 3 fully saturated rings. The summed E-state index contributed by atoms with van der Waals surface area (Å²) in [6.45, 7) is 7.81. The van der Waals surface area contributed by atoms with Crippen molar-refractivity contribution < 1.29 is 72.6 Å². The number of fused-ring (bicyclic) bond motifs is 6. The zero-order valence-corrected chi connectivity index (χ0v) is 36.0.